The van der Waals surface area contributed by atoms with E-state index < -0.39 is 5.67 Å². The zero-order valence-corrected chi connectivity index (χ0v) is 13.2. The van der Waals surface area contributed by atoms with Crippen molar-refractivity contribution in [3.8, 4) is 0 Å². The van der Waals surface area contributed by atoms with Crippen molar-refractivity contribution >= 4 is 0 Å². The minimum absolute atomic E-state index is 0.659. The largest absolute Gasteiger partial charge is 0.303 e. The van der Waals surface area contributed by atoms with E-state index in [1.54, 1.807) is 0 Å². The molecule has 0 aliphatic carbocycles. The van der Waals surface area contributed by atoms with Gasteiger partial charge in [-0.2, -0.15) is 0 Å². The number of hydrogen-bond acceptors (Lipinski definition) is 2. The zero-order valence-electron chi connectivity index (χ0n) is 13.2. The van der Waals surface area contributed by atoms with Crippen molar-refractivity contribution in [1.82, 2.24) is 9.80 Å². The summed E-state index contributed by atoms with van der Waals surface area (Å²) in [6.07, 6.45) is 1.44. The van der Waals surface area contributed by atoms with Gasteiger partial charge in [0.2, 0.25) is 0 Å². The molecule has 0 saturated carbocycles. The van der Waals surface area contributed by atoms with Gasteiger partial charge < -0.3 is 4.90 Å². The molecule has 0 amide bonds. The zero-order chi connectivity index (χ0) is 14.0. The summed E-state index contributed by atoms with van der Waals surface area (Å²) in [5, 5.41) is 0. The Morgan fingerprint density at radius 3 is 2.00 bits per heavy atom. The van der Waals surface area contributed by atoms with E-state index in [-0.39, 0.29) is 0 Å². The lowest BCUT2D eigenvalue weighted by molar-refractivity contribution is -0.00422. The van der Waals surface area contributed by atoms with Crippen LogP contribution < -0.4 is 0 Å². The van der Waals surface area contributed by atoms with Crippen molar-refractivity contribution in [2.75, 3.05) is 39.3 Å². The van der Waals surface area contributed by atoms with Crippen molar-refractivity contribution in [2.24, 2.45) is 17.8 Å². The van der Waals surface area contributed by atoms with Crippen LogP contribution in [0, 0.1) is 17.8 Å². The molecule has 2 aliphatic heterocycles. The molecule has 19 heavy (non-hydrogen) atoms. The van der Waals surface area contributed by atoms with Gasteiger partial charge in [0, 0.05) is 32.7 Å². The molecule has 0 aromatic heterocycles. The van der Waals surface area contributed by atoms with Gasteiger partial charge in [0.15, 0.2) is 0 Å². The highest BCUT2D eigenvalue weighted by Crippen LogP contribution is 2.32. The van der Waals surface area contributed by atoms with E-state index >= 15 is 0 Å². The third-order valence-electron chi connectivity index (χ3n) is 5.59. The lowest BCUT2D eigenvalue weighted by Gasteiger charge is -2.44. The van der Waals surface area contributed by atoms with Crippen LogP contribution in [0.15, 0.2) is 0 Å². The van der Waals surface area contributed by atoms with Gasteiger partial charge in [-0.1, -0.05) is 27.7 Å². The van der Waals surface area contributed by atoms with E-state index in [0.717, 1.165) is 51.5 Å². The van der Waals surface area contributed by atoms with Gasteiger partial charge in [0.05, 0.1) is 0 Å². The topological polar surface area (TPSA) is 6.48 Å². The Hall–Kier alpha value is -0.150. The van der Waals surface area contributed by atoms with Crippen LogP contribution in [0.5, 0.6) is 0 Å². The maximum absolute atomic E-state index is 14.9. The fourth-order valence-electron chi connectivity index (χ4n) is 3.74. The highest BCUT2D eigenvalue weighted by atomic mass is 19.1. The minimum Gasteiger partial charge on any atom is -0.303 e. The number of alkyl halides is 1. The fourth-order valence-corrected chi connectivity index (χ4v) is 3.74. The monoisotopic (exact) mass is 270 g/mol. The number of hydrogen-bond donors (Lipinski definition) is 0. The van der Waals surface area contributed by atoms with Crippen LogP contribution in [0.1, 0.15) is 40.5 Å². The predicted molar refractivity (Wildman–Crippen MR) is 79.1 cm³/mol. The molecule has 0 spiro atoms. The number of halogens is 1. The molecule has 2 nitrogen and oxygen atoms in total. The summed E-state index contributed by atoms with van der Waals surface area (Å²) < 4.78 is 14.9. The first kappa shape index (κ1) is 15.2. The first-order chi connectivity index (χ1) is 8.93. The molecular formula is C16H31FN2. The van der Waals surface area contributed by atoms with Gasteiger partial charge in [-0.05, 0) is 37.1 Å². The summed E-state index contributed by atoms with van der Waals surface area (Å²) in [4.78, 5) is 4.75. The Labute approximate surface area is 118 Å². The summed E-state index contributed by atoms with van der Waals surface area (Å²) in [6.45, 7) is 14.9. The van der Waals surface area contributed by atoms with Crippen LogP contribution in [0.2, 0.25) is 0 Å². The third-order valence-corrected chi connectivity index (χ3v) is 5.59. The molecule has 112 valence electrons. The standard InChI is InChI=1S/C16H31FN2/c1-5-18-8-6-16(17,7-9-18)12-19-10-13(2)15(4)14(3)11-19/h13-15H,5-12H2,1-4H3. The summed E-state index contributed by atoms with van der Waals surface area (Å²) in [5.74, 6) is 2.17. The Morgan fingerprint density at radius 1 is 1.00 bits per heavy atom. The Bertz CT molecular complexity index is 274. The average Bonchev–Trinajstić information content (AvgIpc) is 2.36. The first-order valence-corrected chi connectivity index (χ1v) is 8.07. The lowest BCUT2D eigenvalue weighted by Crippen LogP contribution is -2.52. The van der Waals surface area contributed by atoms with Gasteiger partial charge >= 0.3 is 0 Å². The summed E-state index contributed by atoms with van der Waals surface area (Å²) >= 11 is 0. The molecule has 2 heterocycles. The highest BCUT2D eigenvalue weighted by molar-refractivity contribution is 4.91. The third kappa shape index (κ3) is 3.69. The SMILES string of the molecule is CCN1CCC(F)(CN2CC(C)C(C)C(C)C2)CC1. The molecule has 2 rings (SSSR count). The van der Waals surface area contributed by atoms with Gasteiger partial charge in [0.25, 0.3) is 0 Å². The average molecular weight is 270 g/mol. The lowest BCUT2D eigenvalue weighted by atomic mass is 9.80. The van der Waals surface area contributed by atoms with Crippen molar-refractivity contribution in [2.45, 2.75) is 46.2 Å². The highest BCUT2D eigenvalue weighted by Gasteiger charge is 2.38. The van der Waals surface area contributed by atoms with Crippen LogP contribution in [0.3, 0.4) is 0 Å². The molecule has 0 aromatic rings. The summed E-state index contributed by atoms with van der Waals surface area (Å²) in [6, 6.07) is 0. The second-order valence-corrected chi connectivity index (χ2v) is 7.09. The molecule has 0 aromatic carbocycles. The Balaban J connectivity index is 1.87. The van der Waals surface area contributed by atoms with Crippen LogP contribution >= 0.6 is 0 Å². The molecule has 0 bridgehead atoms. The molecule has 2 fully saturated rings. The first-order valence-electron chi connectivity index (χ1n) is 8.07. The van der Waals surface area contributed by atoms with E-state index in [1.165, 1.54) is 0 Å². The second kappa shape index (κ2) is 6.09. The van der Waals surface area contributed by atoms with E-state index in [2.05, 4.69) is 37.5 Å². The predicted octanol–water partition coefficient (Wildman–Crippen LogP) is 3.03. The number of piperidine rings is 2. The number of likely N-dealkylation sites (tertiary alicyclic amines) is 2. The second-order valence-electron chi connectivity index (χ2n) is 7.09. The summed E-state index contributed by atoms with van der Waals surface area (Å²) in [5.41, 5.74) is -0.939. The van der Waals surface area contributed by atoms with E-state index in [1.807, 2.05) is 0 Å². The Morgan fingerprint density at radius 2 is 1.53 bits per heavy atom. The van der Waals surface area contributed by atoms with Crippen LogP contribution in [-0.4, -0.2) is 54.7 Å². The molecular weight excluding hydrogens is 239 g/mol. The Kier molecular flexibility index (Phi) is 4.88. The summed E-state index contributed by atoms with van der Waals surface area (Å²) in [7, 11) is 0. The van der Waals surface area contributed by atoms with Gasteiger partial charge in [-0.25, -0.2) is 4.39 Å². The van der Waals surface area contributed by atoms with Gasteiger partial charge in [0.1, 0.15) is 5.67 Å². The van der Waals surface area contributed by atoms with Crippen LogP contribution in [-0.2, 0) is 0 Å². The normalized spacial score (nSPS) is 37.4. The van der Waals surface area contributed by atoms with Crippen molar-refractivity contribution in [3.05, 3.63) is 0 Å². The molecule has 0 N–H and O–H groups in total. The van der Waals surface area contributed by atoms with Crippen LogP contribution in [0.4, 0.5) is 4.39 Å². The maximum atomic E-state index is 14.9. The van der Waals surface area contributed by atoms with Crippen molar-refractivity contribution in [1.29, 1.82) is 0 Å². The van der Waals surface area contributed by atoms with E-state index in [0.29, 0.717) is 18.4 Å². The smallest absolute Gasteiger partial charge is 0.126 e. The van der Waals surface area contributed by atoms with Gasteiger partial charge in [-0.3, -0.25) is 4.90 Å². The molecule has 2 unspecified atom stereocenters. The van der Waals surface area contributed by atoms with Crippen molar-refractivity contribution in [3.63, 3.8) is 0 Å². The number of rotatable bonds is 3. The van der Waals surface area contributed by atoms with Crippen LogP contribution in [0.25, 0.3) is 0 Å². The minimum atomic E-state index is -0.939. The molecule has 2 aliphatic rings. The molecule has 3 heteroatoms. The van der Waals surface area contributed by atoms with E-state index in [4.69, 9.17) is 0 Å². The quantitative estimate of drug-likeness (QED) is 0.778. The molecule has 2 saturated heterocycles. The fraction of sp³-hybridized carbons (Fsp3) is 1.00. The van der Waals surface area contributed by atoms with E-state index in [9.17, 15) is 4.39 Å². The molecule has 0 radical (unpaired) electrons. The maximum Gasteiger partial charge on any atom is 0.126 e. The van der Waals surface area contributed by atoms with Crippen molar-refractivity contribution < 1.29 is 4.39 Å². The van der Waals surface area contributed by atoms with Gasteiger partial charge in [-0.15, -0.1) is 0 Å². The molecule has 2 atom stereocenters. The number of nitrogens with zero attached hydrogens (tertiary/aromatic N) is 2.